The molecular weight excluding hydrogens is 426 g/mol. The number of likely N-dealkylation sites (tertiary alicyclic amines) is 2. The molecule has 180 valence electrons. The average Bonchev–Trinajstić information content (AvgIpc) is 3.20. The fraction of sp³-hybridized carbons (Fsp3) is 0.519. The van der Waals surface area contributed by atoms with Crippen LogP contribution >= 0.6 is 0 Å². The highest BCUT2D eigenvalue weighted by atomic mass is 16.2. The van der Waals surface area contributed by atoms with Gasteiger partial charge in [0.2, 0.25) is 0 Å². The molecule has 0 saturated carbocycles. The molecule has 3 aliphatic heterocycles. The van der Waals surface area contributed by atoms with Crippen molar-refractivity contribution in [1.29, 1.82) is 0 Å². The van der Waals surface area contributed by atoms with Crippen LogP contribution in [0, 0.1) is 5.92 Å². The highest BCUT2D eigenvalue weighted by Crippen LogP contribution is 2.37. The summed E-state index contributed by atoms with van der Waals surface area (Å²) in [5.74, 6) is 0.786. The maximum atomic E-state index is 13.9. The molecule has 1 aromatic carbocycles. The molecule has 7 heteroatoms. The van der Waals surface area contributed by atoms with Gasteiger partial charge >= 0.3 is 6.03 Å². The van der Waals surface area contributed by atoms with Crippen LogP contribution in [0.4, 0.5) is 22.0 Å². The lowest BCUT2D eigenvalue weighted by Gasteiger charge is -2.36. The van der Waals surface area contributed by atoms with Gasteiger partial charge < -0.3 is 15.1 Å². The smallest absolute Gasteiger partial charge is 0.324 e. The number of fused-ring (bicyclic) bond motifs is 2. The van der Waals surface area contributed by atoms with E-state index in [0.717, 1.165) is 25.9 Å². The molecule has 1 unspecified atom stereocenters. The monoisotopic (exact) mass is 461 g/mol. The van der Waals surface area contributed by atoms with Crippen molar-refractivity contribution in [3.63, 3.8) is 0 Å². The van der Waals surface area contributed by atoms with Gasteiger partial charge in [-0.25, -0.2) is 14.7 Å². The Balaban J connectivity index is 1.30. The third-order valence-electron chi connectivity index (χ3n) is 7.40. The summed E-state index contributed by atoms with van der Waals surface area (Å²) in [6.07, 6.45) is 11.6. The summed E-state index contributed by atoms with van der Waals surface area (Å²) < 4.78 is 0. The molecule has 2 fully saturated rings. The number of urea groups is 1. The predicted molar refractivity (Wildman–Crippen MR) is 135 cm³/mol. The number of piperidine rings is 1. The molecule has 4 heterocycles. The molecule has 0 radical (unpaired) electrons. The van der Waals surface area contributed by atoms with Gasteiger partial charge in [0.1, 0.15) is 0 Å². The fourth-order valence-corrected chi connectivity index (χ4v) is 5.61. The molecule has 1 N–H and O–H groups in total. The molecule has 0 aliphatic carbocycles. The van der Waals surface area contributed by atoms with Crippen LogP contribution in [0.15, 0.2) is 42.6 Å². The summed E-state index contributed by atoms with van der Waals surface area (Å²) in [7, 11) is 0. The van der Waals surface area contributed by atoms with E-state index in [2.05, 4.69) is 15.2 Å². The summed E-state index contributed by atoms with van der Waals surface area (Å²) in [6, 6.07) is 10.8. The summed E-state index contributed by atoms with van der Waals surface area (Å²) >= 11 is 0. The first-order valence-corrected chi connectivity index (χ1v) is 12.9. The molecule has 3 amide bonds. The quantitative estimate of drug-likeness (QED) is 0.673. The SMILES string of the molecule is O=C1Nc2cccnc2N(C(=O)N2CCCC(CCCN3CCCCCC3)C2)c2ccccc21. The number of carbonyl (C=O) groups is 2. The summed E-state index contributed by atoms with van der Waals surface area (Å²) in [6.45, 7) is 5.16. The second-order valence-electron chi connectivity index (χ2n) is 9.82. The van der Waals surface area contributed by atoms with Gasteiger partial charge in [-0.15, -0.1) is 0 Å². The number of nitrogens with one attached hydrogen (secondary N) is 1. The van der Waals surface area contributed by atoms with E-state index in [9.17, 15) is 9.59 Å². The highest BCUT2D eigenvalue weighted by molar-refractivity contribution is 6.16. The molecule has 1 atom stereocenters. The number of hydrogen-bond acceptors (Lipinski definition) is 4. The Bertz CT molecular complexity index is 1020. The van der Waals surface area contributed by atoms with E-state index in [1.165, 1.54) is 58.2 Å². The zero-order valence-corrected chi connectivity index (χ0v) is 19.9. The van der Waals surface area contributed by atoms with Crippen LogP contribution in [0.1, 0.15) is 61.7 Å². The highest BCUT2D eigenvalue weighted by Gasteiger charge is 2.34. The Morgan fingerprint density at radius 2 is 1.82 bits per heavy atom. The van der Waals surface area contributed by atoms with E-state index >= 15 is 0 Å². The van der Waals surface area contributed by atoms with Gasteiger partial charge in [0.25, 0.3) is 5.91 Å². The third kappa shape index (κ3) is 4.94. The number of aromatic nitrogens is 1. The van der Waals surface area contributed by atoms with Crippen molar-refractivity contribution in [1.82, 2.24) is 14.8 Å². The van der Waals surface area contributed by atoms with Crippen LogP contribution in [0.3, 0.4) is 0 Å². The fourth-order valence-electron chi connectivity index (χ4n) is 5.61. The van der Waals surface area contributed by atoms with E-state index in [-0.39, 0.29) is 11.9 Å². The molecule has 5 rings (SSSR count). The molecule has 1 aromatic heterocycles. The Kier molecular flexibility index (Phi) is 7.09. The van der Waals surface area contributed by atoms with E-state index in [0.29, 0.717) is 28.7 Å². The normalized spacial score (nSPS) is 21.2. The third-order valence-corrected chi connectivity index (χ3v) is 7.40. The molecule has 34 heavy (non-hydrogen) atoms. The van der Waals surface area contributed by atoms with Crippen molar-refractivity contribution in [2.24, 2.45) is 5.92 Å². The minimum absolute atomic E-state index is 0.0962. The number of carbonyl (C=O) groups excluding carboxylic acids is 2. The Morgan fingerprint density at radius 1 is 1.00 bits per heavy atom. The number of rotatable bonds is 4. The van der Waals surface area contributed by atoms with Crippen molar-refractivity contribution in [2.75, 3.05) is 42.9 Å². The van der Waals surface area contributed by atoms with Gasteiger partial charge in [0.05, 0.1) is 16.9 Å². The van der Waals surface area contributed by atoms with E-state index < -0.39 is 0 Å². The summed E-state index contributed by atoms with van der Waals surface area (Å²) in [5, 5.41) is 2.92. The molecule has 0 bridgehead atoms. The first kappa shape index (κ1) is 22.8. The van der Waals surface area contributed by atoms with Gasteiger partial charge in [-0.2, -0.15) is 0 Å². The standard InChI is InChI=1S/C27H35N5O2/c33-26-22-12-3-4-14-24(22)32(25-23(29-26)13-7-15-28-25)27(34)31-19-9-11-21(20-31)10-8-18-30-16-5-1-2-6-17-30/h3-4,7,12-15,21H,1-2,5-6,8-11,16-20H2,(H,29,33). The second kappa shape index (κ2) is 10.6. The topological polar surface area (TPSA) is 68.8 Å². The lowest BCUT2D eigenvalue weighted by molar-refractivity contribution is 0.102. The molecule has 7 nitrogen and oxygen atoms in total. The van der Waals surface area contributed by atoms with E-state index in [4.69, 9.17) is 0 Å². The van der Waals surface area contributed by atoms with Crippen molar-refractivity contribution in [3.8, 4) is 0 Å². The largest absolute Gasteiger partial charge is 0.330 e. The molecule has 2 aromatic rings. The van der Waals surface area contributed by atoms with Crippen LogP contribution in [0.5, 0.6) is 0 Å². The van der Waals surface area contributed by atoms with Crippen LogP contribution in [0.2, 0.25) is 0 Å². The van der Waals surface area contributed by atoms with Crippen molar-refractivity contribution in [2.45, 2.75) is 51.4 Å². The van der Waals surface area contributed by atoms with Crippen LogP contribution < -0.4 is 10.2 Å². The maximum Gasteiger partial charge on any atom is 0.330 e. The predicted octanol–water partition coefficient (Wildman–Crippen LogP) is 5.27. The number of benzene rings is 1. The summed E-state index contributed by atoms with van der Waals surface area (Å²) in [4.78, 5) is 37.5. The lowest BCUT2D eigenvalue weighted by Crippen LogP contribution is -2.46. The van der Waals surface area contributed by atoms with Crippen molar-refractivity contribution in [3.05, 3.63) is 48.2 Å². The lowest BCUT2D eigenvalue weighted by atomic mass is 9.93. The Labute approximate surface area is 202 Å². The van der Waals surface area contributed by atoms with Crippen molar-refractivity contribution < 1.29 is 9.59 Å². The van der Waals surface area contributed by atoms with Crippen LogP contribution in [-0.2, 0) is 0 Å². The van der Waals surface area contributed by atoms with Gasteiger partial charge in [0.15, 0.2) is 5.82 Å². The average molecular weight is 462 g/mol. The molecule has 0 spiro atoms. The zero-order chi connectivity index (χ0) is 23.3. The summed E-state index contributed by atoms with van der Waals surface area (Å²) in [5.41, 5.74) is 1.63. The Hall–Kier alpha value is -2.93. The van der Waals surface area contributed by atoms with Gasteiger partial charge in [-0.1, -0.05) is 25.0 Å². The number of anilines is 3. The second-order valence-corrected chi connectivity index (χ2v) is 9.82. The van der Waals surface area contributed by atoms with Crippen molar-refractivity contribution >= 4 is 29.1 Å². The van der Waals surface area contributed by atoms with E-state index in [1.807, 2.05) is 23.1 Å². The minimum Gasteiger partial charge on any atom is -0.324 e. The van der Waals surface area contributed by atoms with E-state index in [1.54, 1.807) is 29.3 Å². The van der Waals surface area contributed by atoms with Gasteiger partial charge in [-0.3, -0.25) is 4.79 Å². The van der Waals surface area contributed by atoms with Gasteiger partial charge in [-0.05, 0) is 88.3 Å². The number of para-hydroxylation sites is 1. The number of amides is 3. The number of pyridine rings is 1. The first-order chi connectivity index (χ1) is 16.7. The molecule has 3 aliphatic rings. The molecule has 2 saturated heterocycles. The Morgan fingerprint density at radius 3 is 2.68 bits per heavy atom. The number of hydrogen-bond donors (Lipinski definition) is 1. The zero-order valence-electron chi connectivity index (χ0n) is 19.9. The maximum absolute atomic E-state index is 13.9. The van der Waals surface area contributed by atoms with Crippen LogP contribution in [-0.4, -0.2) is 59.4 Å². The number of nitrogens with zero attached hydrogens (tertiary/aromatic N) is 4. The molecular formula is C27H35N5O2. The van der Waals surface area contributed by atoms with Crippen LogP contribution in [0.25, 0.3) is 0 Å². The van der Waals surface area contributed by atoms with Gasteiger partial charge in [0, 0.05) is 19.3 Å². The first-order valence-electron chi connectivity index (χ1n) is 12.9. The minimum atomic E-state index is -0.217.